The number of nitrogens with zero attached hydrogens (tertiary/aromatic N) is 2. The number of carbonyl (C=O) groups excluding carboxylic acids is 1. The van der Waals surface area contributed by atoms with E-state index in [4.69, 9.17) is 4.74 Å². The summed E-state index contributed by atoms with van der Waals surface area (Å²) in [6.45, 7) is 10.7. The van der Waals surface area contributed by atoms with E-state index in [1.165, 1.54) is 0 Å². The highest BCUT2D eigenvalue weighted by atomic mass is 16.5. The third kappa shape index (κ3) is 1.96. The van der Waals surface area contributed by atoms with E-state index in [0.717, 1.165) is 13.1 Å². The molecule has 2 saturated heterocycles. The summed E-state index contributed by atoms with van der Waals surface area (Å²) in [5, 5.41) is 0. The van der Waals surface area contributed by atoms with Crippen LogP contribution in [0.25, 0.3) is 0 Å². The molecule has 2 aliphatic rings. The van der Waals surface area contributed by atoms with E-state index in [-0.39, 0.29) is 30.7 Å². The van der Waals surface area contributed by atoms with Crippen LogP contribution in [0.2, 0.25) is 0 Å². The fourth-order valence-corrected chi connectivity index (χ4v) is 2.75. The summed E-state index contributed by atoms with van der Waals surface area (Å²) in [6, 6.07) is 1.05. The molecule has 4 nitrogen and oxygen atoms in total. The number of likely N-dealkylation sites (tertiary alicyclic amines) is 1. The molecule has 0 aromatic heterocycles. The molecule has 2 fully saturated rings. The number of hydrogen-bond acceptors (Lipinski definition) is 3. The van der Waals surface area contributed by atoms with Gasteiger partial charge in [0, 0.05) is 25.2 Å². The van der Waals surface area contributed by atoms with Crippen molar-refractivity contribution in [2.75, 3.05) is 19.7 Å². The summed E-state index contributed by atoms with van der Waals surface area (Å²) in [5.74, 6) is 0.141. The molecule has 2 aliphatic heterocycles. The van der Waals surface area contributed by atoms with Crippen molar-refractivity contribution < 1.29 is 9.53 Å². The number of ether oxygens (including phenoxy) is 1. The molecule has 0 aromatic rings. The zero-order valence-corrected chi connectivity index (χ0v) is 10.6. The lowest BCUT2D eigenvalue weighted by atomic mass is 10.1. The molecule has 0 unspecified atom stereocenters. The van der Waals surface area contributed by atoms with Crippen molar-refractivity contribution in [1.82, 2.24) is 9.80 Å². The number of rotatable bonds is 2. The first-order valence-corrected chi connectivity index (χ1v) is 6.17. The Labute approximate surface area is 97.5 Å². The molecule has 2 atom stereocenters. The van der Waals surface area contributed by atoms with Gasteiger partial charge in [-0.15, -0.1) is 0 Å². The van der Waals surface area contributed by atoms with Crippen molar-refractivity contribution in [3.63, 3.8) is 0 Å². The van der Waals surface area contributed by atoms with E-state index in [9.17, 15) is 4.79 Å². The summed E-state index contributed by atoms with van der Waals surface area (Å²) < 4.78 is 5.64. The van der Waals surface area contributed by atoms with Crippen LogP contribution in [-0.4, -0.2) is 59.6 Å². The molecule has 92 valence electrons. The molecule has 0 saturated carbocycles. The van der Waals surface area contributed by atoms with Gasteiger partial charge in [-0.2, -0.15) is 0 Å². The number of amides is 1. The Bertz CT molecular complexity index is 278. The van der Waals surface area contributed by atoms with E-state index in [1.807, 2.05) is 4.90 Å². The monoisotopic (exact) mass is 226 g/mol. The third-order valence-corrected chi connectivity index (χ3v) is 3.62. The maximum absolute atomic E-state index is 11.8. The van der Waals surface area contributed by atoms with Gasteiger partial charge in [0.15, 0.2) is 0 Å². The topological polar surface area (TPSA) is 32.8 Å². The van der Waals surface area contributed by atoms with Crippen LogP contribution >= 0.6 is 0 Å². The van der Waals surface area contributed by atoms with Crippen LogP contribution in [0, 0.1) is 0 Å². The molecule has 1 amide bonds. The minimum absolute atomic E-state index is 0.141. The summed E-state index contributed by atoms with van der Waals surface area (Å²) in [4.78, 5) is 16.2. The summed E-state index contributed by atoms with van der Waals surface area (Å²) in [5.41, 5.74) is 0. The molecule has 2 heterocycles. The van der Waals surface area contributed by atoms with Crippen molar-refractivity contribution in [1.29, 1.82) is 0 Å². The van der Waals surface area contributed by atoms with Gasteiger partial charge in [0.25, 0.3) is 0 Å². The lowest BCUT2D eigenvalue weighted by molar-refractivity contribution is -0.155. The van der Waals surface area contributed by atoms with E-state index in [2.05, 4.69) is 32.6 Å². The van der Waals surface area contributed by atoms with Crippen molar-refractivity contribution >= 4 is 5.91 Å². The Morgan fingerprint density at radius 2 is 1.88 bits per heavy atom. The Balaban J connectivity index is 2.13. The molecule has 0 radical (unpaired) electrons. The Kier molecular flexibility index (Phi) is 3.22. The van der Waals surface area contributed by atoms with Crippen LogP contribution in [0.15, 0.2) is 0 Å². The molecule has 0 N–H and O–H groups in total. The van der Waals surface area contributed by atoms with Crippen molar-refractivity contribution in [2.24, 2.45) is 0 Å². The second-order valence-electron chi connectivity index (χ2n) is 5.36. The highest BCUT2D eigenvalue weighted by Crippen LogP contribution is 2.26. The maximum Gasteiger partial charge on any atom is 0.249 e. The first-order valence-electron chi connectivity index (χ1n) is 6.17. The average Bonchev–Trinajstić information content (AvgIpc) is 2.60. The van der Waals surface area contributed by atoms with Gasteiger partial charge in [-0.3, -0.25) is 9.69 Å². The van der Waals surface area contributed by atoms with Gasteiger partial charge in [-0.05, 0) is 27.7 Å². The van der Waals surface area contributed by atoms with Crippen LogP contribution in [-0.2, 0) is 9.53 Å². The van der Waals surface area contributed by atoms with Crippen molar-refractivity contribution in [3.05, 3.63) is 0 Å². The van der Waals surface area contributed by atoms with E-state index < -0.39 is 0 Å². The quantitative estimate of drug-likeness (QED) is 0.695. The predicted octanol–water partition coefficient (Wildman–Crippen LogP) is 0.715. The Hall–Kier alpha value is -0.610. The molecule has 0 aromatic carbocycles. The summed E-state index contributed by atoms with van der Waals surface area (Å²) in [6.07, 6.45) is 0.211. The SMILES string of the molecule is CC(C)N1C[C@@H]2OCC(=O)N(C(C)C)[C@@H]2C1. The minimum Gasteiger partial charge on any atom is -0.365 e. The van der Waals surface area contributed by atoms with Crippen LogP contribution in [0.4, 0.5) is 0 Å². The van der Waals surface area contributed by atoms with Crippen molar-refractivity contribution in [2.45, 2.75) is 51.9 Å². The summed E-state index contributed by atoms with van der Waals surface area (Å²) in [7, 11) is 0. The molecular weight excluding hydrogens is 204 g/mol. The van der Waals surface area contributed by atoms with Crippen LogP contribution < -0.4 is 0 Å². The van der Waals surface area contributed by atoms with Gasteiger partial charge in [0.05, 0.1) is 12.1 Å². The predicted molar refractivity (Wildman–Crippen MR) is 62.2 cm³/mol. The first-order chi connectivity index (χ1) is 7.50. The number of hydrogen-bond donors (Lipinski definition) is 0. The molecule has 4 heteroatoms. The molecule has 2 rings (SSSR count). The lowest BCUT2D eigenvalue weighted by Gasteiger charge is -2.39. The third-order valence-electron chi connectivity index (χ3n) is 3.62. The van der Waals surface area contributed by atoms with Crippen molar-refractivity contribution in [3.8, 4) is 0 Å². The Morgan fingerprint density at radius 3 is 2.44 bits per heavy atom. The second kappa shape index (κ2) is 4.34. The van der Waals surface area contributed by atoms with E-state index >= 15 is 0 Å². The number of morpholine rings is 1. The van der Waals surface area contributed by atoms with Crippen LogP contribution in [0.5, 0.6) is 0 Å². The lowest BCUT2D eigenvalue weighted by Crippen LogP contribution is -2.56. The fraction of sp³-hybridized carbons (Fsp3) is 0.917. The van der Waals surface area contributed by atoms with Gasteiger partial charge < -0.3 is 9.64 Å². The average molecular weight is 226 g/mol. The van der Waals surface area contributed by atoms with Crippen LogP contribution in [0.1, 0.15) is 27.7 Å². The van der Waals surface area contributed by atoms with Gasteiger partial charge in [0.1, 0.15) is 6.61 Å². The summed E-state index contributed by atoms with van der Waals surface area (Å²) >= 11 is 0. The maximum atomic E-state index is 11.8. The van der Waals surface area contributed by atoms with E-state index in [1.54, 1.807) is 0 Å². The van der Waals surface area contributed by atoms with Gasteiger partial charge in [0.2, 0.25) is 5.91 Å². The first kappa shape index (κ1) is 11.9. The van der Waals surface area contributed by atoms with Gasteiger partial charge in [-0.1, -0.05) is 0 Å². The standard InChI is InChI=1S/C12H22N2O2/c1-8(2)13-5-10-11(6-13)16-7-12(15)14(10)9(3)4/h8-11H,5-7H2,1-4H3/t10-,11+/m1/s1. The Morgan fingerprint density at radius 1 is 1.19 bits per heavy atom. The highest BCUT2D eigenvalue weighted by molar-refractivity contribution is 5.79. The molecular formula is C12H22N2O2. The second-order valence-corrected chi connectivity index (χ2v) is 5.36. The zero-order chi connectivity index (χ0) is 11.9. The fourth-order valence-electron chi connectivity index (χ4n) is 2.75. The number of carbonyl (C=O) groups is 1. The normalized spacial score (nSPS) is 31.6. The van der Waals surface area contributed by atoms with Gasteiger partial charge >= 0.3 is 0 Å². The minimum atomic E-state index is 0.141. The molecule has 0 aliphatic carbocycles. The highest BCUT2D eigenvalue weighted by Gasteiger charge is 2.44. The molecule has 0 bridgehead atoms. The number of fused-ring (bicyclic) bond motifs is 1. The van der Waals surface area contributed by atoms with E-state index in [0.29, 0.717) is 6.04 Å². The molecule has 0 spiro atoms. The zero-order valence-electron chi connectivity index (χ0n) is 10.6. The van der Waals surface area contributed by atoms with Crippen LogP contribution in [0.3, 0.4) is 0 Å². The van der Waals surface area contributed by atoms with Gasteiger partial charge in [-0.25, -0.2) is 0 Å². The molecule has 16 heavy (non-hydrogen) atoms. The smallest absolute Gasteiger partial charge is 0.249 e. The largest absolute Gasteiger partial charge is 0.365 e.